The quantitative estimate of drug-likeness (QED) is 0.654. The zero-order valence-electron chi connectivity index (χ0n) is 16.0. The molecular weight excluding hydrogens is 314 g/mol. The highest BCUT2D eigenvalue weighted by molar-refractivity contribution is 5.97. The van der Waals surface area contributed by atoms with Crippen LogP contribution in [0.25, 0.3) is 0 Å². The fraction of sp³-hybridized carbons (Fsp3) is 0.667. The number of hydrogen-bond donors (Lipinski definition) is 1. The number of nitrogens with one attached hydrogen (secondary N) is 1. The predicted octanol–water partition coefficient (Wildman–Crippen LogP) is 5.24. The van der Waals surface area contributed by atoms with Crippen LogP contribution in [0.5, 0.6) is 5.75 Å². The third-order valence-corrected chi connectivity index (χ3v) is 4.80. The molecule has 0 aromatic heterocycles. The first kappa shape index (κ1) is 19.8. The highest BCUT2D eigenvalue weighted by atomic mass is 16.5. The lowest BCUT2D eigenvalue weighted by molar-refractivity contribution is -0.143. The molecular formula is C21H33NO3. The highest BCUT2D eigenvalue weighted by Crippen LogP contribution is 2.32. The van der Waals surface area contributed by atoms with Crippen molar-refractivity contribution in [1.82, 2.24) is 0 Å². The lowest BCUT2D eigenvalue weighted by atomic mass is 9.92. The van der Waals surface area contributed by atoms with E-state index in [4.69, 9.17) is 9.47 Å². The lowest BCUT2D eigenvalue weighted by Crippen LogP contribution is -2.45. The molecule has 0 spiro atoms. The molecule has 0 aliphatic heterocycles. The first-order valence-electron chi connectivity index (χ1n) is 9.80. The maximum Gasteiger partial charge on any atom is 0.256 e. The Labute approximate surface area is 152 Å². The van der Waals surface area contributed by atoms with Crippen molar-refractivity contribution in [3.8, 4) is 5.75 Å². The molecule has 1 aromatic carbocycles. The lowest BCUT2D eigenvalue weighted by Gasteiger charge is -2.31. The van der Waals surface area contributed by atoms with Crippen molar-refractivity contribution in [2.75, 3.05) is 18.5 Å². The van der Waals surface area contributed by atoms with E-state index < -0.39 is 5.60 Å². The second-order valence-electron chi connectivity index (χ2n) is 7.04. The Balaban J connectivity index is 2.10. The van der Waals surface area contributed by atoms with Gasteiger partial charge < -0.3 is 14.8 Å². The van der Waals surface area contributed by atoms with Crippen LogP contribution in [0.1, 0.15) is 70.8 Å². The van der Waals surface area contributed by atoms with Crippen LogP contribution in [-0.4, -0.2) is 24.7 Å². The summed E-state index contributed by atoms with van der Waals surface area (Å²) in [5.74, 6) is 0.885. The topological polar surface area (TPSA) is 47.6 Å². The zero-order valence-corrected chi connectivity index (χ0v) is 16.0. The SMILES string of the molecule is CCCOc1ccc(NC(=O)C2(OCCC)CCCCCC2)cc1C. The molecule has 0 bridgehead atoms. The van der Waals surface area contributed by atoms with Gasteiger partial charge in [0.1, 0.15) is 11.4 Å². The van der Waals surface area contributed by atoms with E-state index in [9.17, 15) is 4.79 Å². The number of anilines is 1. The second kappa shape index (κ2) is 9.81. The number of amides is 1. The number of ether oxygens (including phenoxy) is 2. The van der Waals surface area contributed by atoms with Crippen molar-refractivity contribution in [3.63, 3.8) is 0 Å². The Hall–Kier alpha value is -1.55. The van der Waals surface area contributed by atoms with Gasteiger partial charge in [-0.05, 0) is 56.4 Å². The summed E-state index contributed by atoms with van der Waals surface area (Å²) in [6.07, 6.45) is 8.03. The van der Waals surface area contributed by atoms with Crippen molar-refractivity contribution in [1.29, 1.82) is 0 Å². The molecule has 1 N–H and O–H groups in total. The number of benzene rings is 1. The number of aryl methyl sites for hydroxylation is 1. The van der Waals surface area contributed by atoms with Crippen molar-refractivity contribution in [3.05, 3.63) is 23.8 Å². The summed E-state index contributed by atoms with van der Waals surface area (Å²) in [5.41, 5.74) is 1.18. The van der Waals surface area contributed by atoms with Crippen LogP contribution in [0, 0.1) is 6.92 Å². The Bertz CT molecular complexity index is 548. The maximum absolute atomic E-state index is 13.0. The van der Waals surface area contributed by atoms with Gasteiger partial charge in [-0.1, -0.05) is 39.5 Å². The molecule has 0 unspecified atom stereocenters. The van der Waals surface area contributed by atoms with E-state index in [1.165, 1.54) is 12.8 Å². The minimum atomic E-state index is -0.669. The van der Waals surface area contributed by atoms with E-state index in [0.717, 1.165) is 55.5 Å². The fourth-order valence-electron chi connectivity index (χ4n) is 3.38. The molecule has 1 aromatic rings. The minimum Gasteiger partial charge on any atom is -0.493 e. The summed E-state index contributed by atoms with van der Waals surface area (Å²) in [6.45, 7) is 7.53. The van der Waals surface area contributed by atoms with Gasteiger partial charge in [-0.15, -0.1) is 0 Å². The molecule has 1 fully saturated rings. The molecule has 4 heteroatoms. The van der Waals surface area contributed by atoms with E-state index in [0.29, 0.717) is 13.2 Å². The third-order valence-electron chi connectivity index (χ3n) is 4.80. The largest absolute Gasteiger partial charge is 0.493 e. The van der Waals surface area contributed by atoms with Crippen molar-refractivity contribution >= 4 is 11.6 Å². The average molecular weight is 347 g/mol. The van der Waals surface area contributed by atoms with E-state index in [2.05, 4.69) is 19.2 Å². The molecule has 0 heterocycles. The van der Waals surface area contributed by atoms with E-state index >= 15 is 0 Å². The summed E-state index contributed by atoms with van der Waals surface area (Å²) < 4.78 is 11.8. The van der Waals surface area contributed by atoms with Gasteiger partial charge in [0.25, 0.3) is 5.91 Å². The van der Waals surface area contributed by atoms with Gasteiger partial charge in [-0.3, -0.25) is 4.79 Å². The molecule has 1 aliphatic carbocycles. The van der Waals surface area contributed by atoms with Crippen LogP contribution >= 0.6 is 0 Å². The van der Waals surface area contributed by atoms with Crippen LogP contribution in [0.4, 0.5) is 5.69 Å². The van der Waals surface area contributed by atoms with Gasteiger partial charge in [0.2, 0.25) is 0 Å². The maximum atomic E-state index is 13.0. The van der Waals surface area contributed by atoms with Crippen LogP contribution in [-0.2, 0) is 9.53 Å². The van der Waals surface area contributed by atoms with Gasteiger partial charge in [-0.25, -0.2) is 0 Å². The molecule has 1 aliphatic rings. The van der Waals surface area contributed by atoms with Gasteiger partial charge in [0.15, 0.2) is 0 Å². The van der Waals surface area contributed by atoms with E-state index in [-0.39, 0.29) is 5.91 Å². The smallest absolute Gasteiger partial charge is 0.256 e. The van der Waals surface area contributed by atoms with Gasteiger partial charge in [0, 0.05) is 12.3 Å². The van der Waals surface area contributed by atoms with Crippen LogP contribution in [0.3, 0.4) is 0 Å². The Morgan fingerprint density at radius 2 is 1.76 bits per heavy atom. The molecule has 2 rings (SSSR count). The Morgan fingerprint density at radius 3 is 2.36 bits per heavy atom. The van der Waals surface area contributed by atoms with E-state index in [1.54, 1.807) is 0 Å². The van der Waals surface area contributed by atoms with Crippen LogP contribution in [0.2, 0.25) is 0 Å². The Morgan fingerprint density at radius 1 is 1.08 bits per heavy atom. The zero-order chi connectivity index (χ0) is 18.1. The molecule has 1 amide bonds. The van der Waals surface area contributed by atoms with Crippen molar-refractivity contribution in [2.45, 2.75) is 77.7 Å². The van der Waals surface area contributed by atoms with Gasteiger partial charge in [-0.2, -0.15) is 0 Å². The van der Waals surface area contributed by atoms with Crippen LogP contribution < -0.4 is 10.1 Å². The minimum absolute atomic E-state index is 0.00414. The molecule has 1 saturated carbocycles. The molecule has 0 radical (unpaired) electrons. The normalized spacial score (nSPS) is 16.9. The summed E-state index contributed by atoms with van der Waals surface area (Å²) in [7, 11) is 0. The first-order valence-corrected chi connectivity index (χ1v) is 9.80. The summed E-state index contributed by atoms with van der Waals surface area (Å²) in [5, 5.41) is 3.09. The van der Waals surface area contributed by atoms with Gasteiger partial charge in [0.05, 0.1) is 6.61 Å². The predicted molar refractivity (Wildman–Crippen MR) is 102 cm³/mol. The number of carbonyl (C=O) groups excluding carboxylic acids is 1. The van der Waals surface area contributed by atoms with E-state index in [1.807, 2.05) is 25.1 Å². The number of hydrogen-bond acceptors (Lipinski definition) is 3. The fourth-order valence-corrected chi connectivity index (χ4v) is 3.38. The van der Waals surface area contributed by atoms with Gasteiger partial charge >= 0.3 is 0 Å². The number of rotatable bonds is 8. The summed E-state index contributed by atoms with van der Waals surface area (Å²) >= 11 is 0. The second-order valence-corrected chi connectivity index (χ2v) is 7.04. The summed E-state index contributed by atoms with van der Waals surface area (Å²) in [6, 6.07) is 5.83. The molecule has 4 nitrogen and oxygen atoms in total. The molecule has 0 atom stereocenters. The highest BCUT2D eigenvalue weighted by Gasteiger charge is 2.39. The molecule has 25 heavy (non-hydrogen) atoms. The molecule has 0 saturated heterocycles. The molecule has 140 valence electrons. The average Bonchev–Trinajstić information content (AvgIpc) is 2.86. The van der Waals surface area contributed by atoms with Crippen molar-refractivity contribution < 1.29 is 14.3 Å². The first-order chi connectivity index (χ1) is 12.1. The Kier molecular flexibility index (Phi) is 7.76. The standard InChI is InChI=1S/C21H33NO3/c1-4-14-24-19-11-10-18(16-17(19)3)22-20(23)21(25-15-5-2)12-8-6-7-9-13-21/h10-11,16H,4-9,12-15H2,1-3H3,(H,22,23). The number of carbonyl (C=O) groups is 1. The monoisotopic (exact) mass is 347 g/mol. The third kappa shape index (κ3) is 5.46. The van der Waals surface area contributed by atoms with Crippen molar-refractivity contribution in [2.24, 2.45) is 0 Å². The van der Waals surface area contributed by atoms with Crippen LogP contribution in [0.15, 0.2) is 18.2 Å². The summed E-state index contributed by atoms with van der Waals surface area (Å²) in [4.78, 5) is 13.0.